The minimum atomic E-state index is -0.230. The van der Waals surface area contributed by atoms with Crippen LogP contribution in [0.3, 0.4) is 0 Å². The van der Waals surface area contributed by atoms with E-state index in [-0.39, 0.29) is 5.82 Å². The lowest BCUT2D eigenvalue weighted by molar-refractivity contribution is 0.626. The summed E-state index contributed by atoms with van der Waals surface area (Å²) in [5, 5.41) is 8.90. The quantitative estimate of drug-likeness (QED) is 0.807. The molecule has 0 aliphatic carbocycles. The summed E-state index contributed by atoms with van der Waals surface area (Å²) in [5.41, 5.74) is 2.81. The van der Waals surface area contributed by atoms with E-state index in [9.17, 15) is 4.39 Å². The van der Waals surface area contributed by atoms with E-state index in [2.05, 4.69) is 13.0 Å². The van der Waals surface area contributed by atoms with Gasteiger partial charge in [0, 0.05) is 12.6 Å². The first-order chi connectivity index (χ1) is 8.67. The van der Waals surface area contributed by atoms with E-state index in [0.717, 1.165) is 24.1 Å². The lowest BCUT2D eigenvalue weighted by atomic mass is 10.1. The van der Waals surface area contributed by atoms with Crippen molar-refractivity contribution in [2.45, 2.75) is 19.8 Å². The average Bonchev–Trinajstić information content (AvgIpc) is 2.71. The predicted octanol–water partition coefficient (Wildman–Crippen LogP) is 3.66. The summed E-state index contributed by atoms with van der Waals surface area (Å²) >= 11 is 0. The lowest BCUT2D eigenvalue weighted by Crippen LogP contribution is -1.97. The molecule has 92 valence electrons. The highest BCUT2D eigenvalue weighted by Crippen LogP contribution is 2.25. The van der Waals surface area contributed by atoms with Gasteiger partial charge in [0.15, 0.2) is 0 Å². The molecule has 0 fully saturated rings. The van der Waals surface area contributed by atoms with Crippen molar-refractivity contribution in [3.05, 3.63) is 47.4 Å². The lowest BCUT2D eigenvalue weighted by Gasteiger charge is -2.07. The second-order valence-electron chi connectivity index (χ2n) is 4.34. The van der Waals surface area contributed by atoms with Crippen molar-refractivity contribution in [2.24, 2.45) is 7.05 Å². The predicted molar refractivity (Wildman–Crippen MR) is 69.5 cm³/mol. The maximum atomic E-state index is 14.1. The van der Waals surface area contributed by atoms with Crippen LogP contribution in [0.2, 0.25) is 0 Å². The summed E-state index contributed by atoms with van der Waals surface area (Å²) in [6.07, 6.45) is 1.88. The zero-order chi connectivity index (χ0) is 13.1. The van der Waals surface area contributed by atoms with Gasteiger partial charge in [-0.1, -0.05) is 19.4 Å². The molecule has 2 nitrogen and oxygen atoms in total. The molecule has 0 aliphatic heterocycles. The van der Waals surface area contributed by atoms with E-state index >= 15 is 0 Å². The molecule has 0 radical (unpaired) electrons. The van der Waals surface area contributed by atoms with Crippen LogP contribution in [0.5, 0.6) is 0 Å². The first-order valence-electron chi connectivity index (χ1n) is 6.02. The summed E-state index contributed by atoms with van der Waals surface area (Å²) in [5.74, 6) is -0.230. The summed E-state index contributed by atoms with van der Waals surface area (Å²) < 4.78 is 15.8. The van der Waals surface area contributed by atoms with Gasteiger partial charge in [-0.3, -0.25) is 0 Å². The molecule has 0 saturated heterocycles. The van der Waals surface area contributed by atoms with Gasteiger partial charge in [0.1, 0.15) is 17.6 Å². The minimum Gasteiger partial charge on any atom is -0.335 e. The number of halogens is 1. The Balaban J connectivity index is 2.45. The molecule has 0 amide bonds. The van der Waals surface area contributed by atoms with Crippen molar-refractivity contribution >= 4 is 0 Å². The molecule has 0 saturated carbocycles. The fourth-order valence-electron chi connectivity index (χ4n) is 2.10. The Kier molecular flexibility index (Phi) is 3.47. The van der Waals surface area contributed by atoms with Crippen molar-refractivity contribution in [3.8, 4) is 17.3 Å². The average molecular weight is 242 g/mol. The second-order valence-corrected chi connectivity index (χ2v) is 4.34. The molecule has 2 rings (SSSR count). The van der Waals surface area contributed by atoms with Gasteiger partial charge in [-0.25, -0.2) is 4.39 Å². The molecule has 0 unspecified atom stereocenters. The highest BCUT2D eigenvalue weighted by molar-refractivity contribution is 5.63. The van der Waals surface area contributed by atoms with Crippen molar-refractivity contribution in [2.75, 3.05) is 0 Å². The number of hydrogen-bond donors (Lipinski definition) is 0. The summed E-state index contributed by atoms with van der Waals surface area (Å²) in [4.78, 5) is 0. The number of nitriles is 1. The van der Waals surface area contributed by atoms with Gasteiger partial charge in [-0.2, -0.15) is 5.26 Å². The van der Waals surface area contributed by atoms with Crippen LogP contribution in [0.1, 0.15) is 24.6 Å². The molecule has 0 aliphatic rings. The number of hydrogen-bond acceptors (Lipinski definition) is 1. The Morgan fingerprint density at radius 1 is 1.28 bits per heavy atom. The first-order valence-corrected chi connectivity index (χ1v) is 6.02. The molecule has 0 bridgehead atoms. The monoisotopic (exact) mass is 242 g/mol. The molecule has 0 spiro atoms. The SMILES string of the molecule is CCCc1ccc(-c2ccc(C#N)n2C)c(F)c1. The molecule has 1 aromatic heterocycles. The highest BCUT2D eigenvalue weighted by atomic mass is 19.1. The summed E-state index contributed by atoms with van der Waals surface area (Å²) in [6, 6.07) is 10.9. The Morgan fingerprint density at radius 3 is 2.61 bits per heavy atom. The van der Waals surface area contributed by atoms with E-state index in [4.69, 9.17) is 5.26 Å². The maximum Gasteiger partial charge on any atom is 0.132 e. The molecule has 0 N–H and O–H groups in total. The molecule has 2 aromatic rings. The second kappa shape index (κ2) is 5.05. The van der Waals surface area contributed by atoms with Gasteiger partial charge in [0.25, 0.3) is 0 Å². The fraction of sp³-hybridized carbons (Fsp3) is 0.267. The summed E-state index contributed by atoms with van der Waals surface area (Å²) in [6.45, 7) is 2.07. The van der Waals surface area contributed by atoms with Crippen LogP contribution < -0.4 is 0 Å². The standard InChI is InChI=1S/C15H15FN2/c1-3-4-11-5-7-13(14(16)9-11)15-8-6-12(10-17)18(15)2/h5-9H,3-4H2,1-2H3. The molecule has 3 heteroatoms. The number of aromatic nitrogens is 1. The van der Waals surface area contributed by atoms with E-state index in [1.807, 2.05) is 6.07 Å². The summed E-state index contributed by atoms with van der Waals surface area (Å²) in [7, 11) is 1.77. The van der Waals surface area contributed by atoms with Crippen molar-refractivity contribution < 1.29 is 4.39 Å². The molecular weight excluding hydrogens is 227 g/mol. The van der Waals surface area contributed by atoms with Gasteiger partial charge in [0.05, 0.1) is 5.69 Å². The molecule has 18 heavy (non-hydrogen) atoms. The Bertz CT molecular complexity index is 605. The van der Waals surface area contributed by atoms with Crippen LogP contribution in [0.4, 0.5) is 4.39 Å². The Morgan fingerprint density at radius 2 is 2.06 bits per heavy atom. The highest BCUT2D eigenvalue weighted by Gasteiger charge is 2.11. The van der Waals surface area contributed by atoms with E-state index in [1.165, 1.54) is 0 Å². The maximum absolute atomic E-state index is 14.1. The van der Waals surface area contributed by atoms with Gasteiger partial charge < -0.3 is 4.57 Å². The van der Waals surface area contributed by atoms with Crippen LogP contribution >= 0.6 is 0 Å². The van der Waals surface area contributed by atoms with Gasteiger partial charge in [-0.15, -0.1) is 0 Å². The first kappa shape index (κ1) is 12.4. The van der Waals surface area contributed by atoms with Crippen LogP contribution in [0.15, 0.2) is 30.3 Å². The normalized spacial score (nSPS) is 10.3. The van der Waals surface area contributed by atoms with Crippen LogP contribution in [-0.2, 0) is 13.5 Å². The van der Waals surface area contributed by atoms with Gasteiger partial charge in [-0.05, 0) is 36.2 Å². The largest absolute Gasteiger partial charge is 0.335 e. The van der Waals surface area contributed by atoms with Crippen molar-refractivity contribution in [1.82, 2.24) is 4.57 Å². The van der Waals surface area contributed by atoms with Crippen molar-refractivity contribution in [3.63, 3.8) is 0 Å². The number of rotatable bonds is 3. The molecular formula is C15H15FN2. The van der Waals surface area contributed by atoms with E-state index in [0.29, 0.717) is 11.3 Å². The van der Waals surface area contributed by atoms with Crippen LogP contribution in [0, 0.1) is 17.1 Å². The van der Waals surface area contributed by atoms with Gasteiger partial charge in [0.2, 0.25) is 0 Å². The number of benzene rings is 1. The van der Waals surface area contributed by atoms with Crippen LogP contribution in [-0.4, -0.2) is 4.57 Å². The van der Waals surface area contributed by atoms with Gasteiger partial charge >= 0.3 is 0 Å². The Labute approximate surface area is 106 Å². The minimum absolute atomic E-state index is 0.230. The third-order valence-electron chi connectivity index (χ3n) is 3.08. The van der Waals surface area contributed by atoms with Crippen molar-refractivity contribution in [1.29, 1.82) is 5.26 Å². The number of nitrogens with zero attached hydrogens (tertiary/aromatic N) is 2. The molecule has 0 atom stereocenters. The zero-order valence-electron chi connectivity index (χ0n) is 10.6. The molecule has 1 heterocycles. The van der Waals surface area contributed by atoms with Crippen LogP contribution in [0.25, 0.3) is 11.3 Å². The third kappa shape index (κ3) is 2.14. The molecule has 1 aromatic carbocycles. The Hall–Kier alpha value is -2.08. The topological polar surface area (TPSA) is 28.7 Å². The smallest absolute Gasteiger partial charge is 0.132 e. The number of aryl methyl sites for hydroxylation is 1. The third-order valence-corrected chi connectivity index (χ3v) is 3.08. The zero-order valence-corrected chi connectivity index (χ0v) is 10.6. The van der Waals surface area contributed by atoms with E-state index < -0.39 is 0 Å². The fourth-order valence-corrected chi connectivity index (χ4v) is 2.10. The van der Waals surface area contributed by atoms with E-state index in [1.54, 1.807) is 35.9 Å².